The van der Waals surface area contributed by atoms with Crippen molar-refractivity contribution < 1.29 is 5.11 Å². The third-order valence-electron chi connectivity index (χ3n) is 2.08. The van der Waals surface area contributed by atoms with Crippen LogP contribution in [-0.2, 0) is 0 Å². The van der Waals surface area contributed by atoms with Gasteiger partial charge in [-0.1, -0.05) is 13.8 Å². The molecule has 1 fully saturated rings. The van der Waals surface area contributed by atoms with Crippen molar-refractivity contribution in [2.75, 3.05) is 0 Å². The molecule has 8 heavy (non-hydrogen) atoms. The van der Waals surface area contributed by atoms with Gasteiger partial charge in [0.25, 0.3) is 0 Å². The average Bonchev–Trinajstić information content (AvgIpc) is 2.45. The standard InChI is InChI=1S/C7H14O/c1-3-7(8)6-4-5(6)2/h5-8H,3-4H2,1-2H3/t5-,6+,7-/m0/s1. The highest BCUT2D eigenvalue weighted by atomic mass is 16.3. The van der Waals surface area contributed by atoms with Crippen molar-refractivity contribution >= 4 is 0 Å². The van der Waals surface area contributed by atoms with Crippen LogP contribution in [0.25, 0.3) is 0 Å². The number of aliphatic hydroxyl groups is 1. The van der Waals surface area contributed by atoms with E-state index in [1.165, 1.54) is 6.42 Å². The van der Waals surface area contributed by atoms with Crippen LogP contribution in [0.5, 0.6) is 0 Å². The number of aliphatic hydroxyl groups excluding tert-OH is 1. The van der Waals surface area contributed by atoms with Gasteiger partial charge < -0.3 is 5.11 Å². The quantitative estimate of drug-likeness (QED) is 0.575. The predicted molar refractivity (Wildman–Crippen MR) is 33.6 cm³/mol. The molecule has 0 bridgehead atoms. The van der Waals surface area contributed by atoms with E-state index in [4.69, 9.17) is 5.11 Å². The Balaban J connectivity index is 2.18. The van der Waals surface area contributed by atoms with E-state index in [-0.39, 0.29) is 6.10 Å². The van der Waals surface area contributed by atoms with Gasteiger partial charge in [0, 0.05) is 0 Å². The van der Waals surface area contributed by atoms with Gasteiger partial charge in [-0.05, 0) is 24.7 Å². The summed E-state index contributed by atoms with van der Waals surface area (Å²) in [6.45, 7) is 4.24. The van der Waals surface area contributed by atoms with Crippen LogP contribution < -0.4 is 0 Å². The van der Waals surface area contributed by atoms with Crippen LogP contribution >= 0.6 is 0 Å². The first-order valence-electron chi connectivity index (χ1n) is 3.43. The summed E-state index contributed by atoms with van der Waals surface area (Å²) in [6.07, 6.45) is 2.16. The Bertz CT molecular complexity index is 78.5. The van der Waals surface area contributed by atoms with Gasteiger partial charge in [0.2, 0.25) is 0 Å². The minimum absolute atomic E-state index is 0.00926. The maximum absolute atomic E-state index is 9.17. The van der Waals surface area contributed by atoms with Gasteiger partial charge in [-0.3, -0.25) is 0 Å². The normalized spacial score (nSPS) is 39.4. The third-order valence-corrected chi connectivity index (χ3v) is 2.08. The molecule has 1 aliphatic carbocycles. The average molecular weight is 114 g/mol. The van der Waals surface area contributed by atoms with Gasteiger partial charge in [0.05, 0.1) is 6.10 Å². The predicted octanol–water partition coefficient (Wildman–Crippen LogP) is 1.41. The van der Waals surface area contributed by atoms with Crippen molar-refractivity contribution in [2.45, 2.75) is 32.8 Å². The number of rotatable bonds is 2. The Hall–Kier alpha value is -0.0400. The van der Waals surface area contributed by atoms with Crippen LogP contribution in [0.4, 0.5) is 0 Å². The first-order valence-corrected chi connectivity index (χ1v) is 3.43. The van der Waals surface area contributed by atoms with Crippen molar-refractivity contribution in [1.29, 1.82) is 0 Å². The Labute approximate surface area is 50.7 Å². The molecule has 0 spiro atoms. The molecule has 0 aromatic rings. The second-order valence-electron chi connectivity index (χ2n) is 2.85. The lowest BCUT2D eigenvalue weighted by atomic mass is 10.1. The van der Waals surface area contributed by atoms with Gasteiger partial charge in [0.15, 0.2) is 0 Å². The molecule has 1 heteroatoms. The molecule has 0 aliphatic heterocycles. The van der Waals surface area contributed by atoms with Crippen LogP contribution in [0.1, 0.15) is 26.7 Å². The van der Waals surface area contributed by atoms with Crippen LogP contribution in [0.15, 0.2) is 0 Å². The van der Waals surface area contributed by atoms with Crippen molar-refractivity contribution in [3.05, 3.63) is 0 Å². The van der Waals surface area contributed by atoms with Crippen LogP contribution in [0.2, 0.25) is 0 Å². The highest BCUT2D eigenvalue weighted by molar-refractivity contribution is 4.87. The molecule has 0 aromatic carbocycles. The van der Waals surface area contributed by atoms with E-state index >= 15 is 0 Å². The lowest BCUT2D eigenvalue weighted by Gasteiger charge is -2.02. The summed E-state index contributed by atoms with van der Waals surface area (Å²) in [5, 5.41) is 9.17. The van der Waals surface area contributed by atoms with Crippen molar-refractivity contribution in [2.24, 2.45) is 11.8 Å². The van der Waals surface area contributed by atoms with E-state index in [0.29, 0.717) is 5.92 Å². The first kappa shape index (κ1) is 6.09. The fourth-order valence-electron chi connectivity index (χ4n) is 1.19. The van der Waals surface area contributed by atoms with Crippen molar-refractivity contribution in [3.63, 3.8) is 0 Å². The number of hydrogen-bond acceptors (Lipinski definition) is 1. The molecular weight excluding hydrogens is 100 g/mol. The highest BCUT2D eigenvalue weighted by Crippen LogP contribution is 2.41. The fraction of sp³-hybridized carbons (Fsp3) is 1.00. The molecule has 0 unspecified atom stereocenters. The van der Waals surface area contributed by atoms with E-state index in [0.717, 1.165) is 12.3 Å². The van der Waals surface area contributed by atoms with Crippen LogP contribution in [0, 0.1) is 11.8 Å². The zero-order valence-corrected chi connectivity index (χ0v) is 5.59. The molecule has 1 rings (SSSR count). The lowest BCUT2D eigenvalue weighted by molar-refractivity contribution is 0.142. The van der Waals surface area contributed by atoms with Crippen LogP contribution in [0.3, 0.4) is 0 Å². The minimum atomic E-state index is -0.00926. The van der Waals surface area contributed by atoms with E-state index in [2.05, 4.69) is 6.92 Å². The summed E-state index contributed by atoms with van der Waals surface area (Å²) in [5.41, 5.74) is 0. The Kier molecular flexibility index (Phi) is 1.57. The van der Waals surface area contributed by atoms with E-state index < -0.39 is 0 Å². The second kappa shape index (κ2) is 2.06. The van der Waals surface area contributed by atoms with Crippen molar-refractivity contribution in [1.82, 2.24) is 0 Å². The Morgan fingerprint density at radius 1 is 1.75 bits per heavy atom. The number of hydrogen-bond donors (Lipinski definition) is 1. The molecule has 0 saturated heterocycles. The Morgan fingerprint density at radius 2 is 2.25 bits per heavy atom. The zero-order chi connectivity index (χ0) is 6.15. The molecule has 3 atom stereocenters. The molecule has 1 N–H and O–H groups in total. The summed E-state index contributed by atoms with van der Waals surface area (Å²) >= 11 is 0. The molecule has 0 radical (unpaired) electrons. The maximum atomic E-state index is 9.17. The molecule has 0 amide bonds. The molecule has 1 saturated carbocycles. The topological polar surface area (TPSA) is 20.2 Å². The van der Waals surface area contributed by atoms with E-state index in [9.17, 15) is 0 Å². The molecular formula is C7H14O. The van der Waals surface area contributed by atoms with Gasteiger partial charge in [-0.2, -0.15) is 0 Å². The van der Waals surface area contributed by atoms with Gasteiger partial charge in [-0.25, -0.2) is 0 Å². The maximum Gasteiger partial charge on any atom is 0.0568 e. The Morgan fingerprint density at radius 3 is 2.38 bits per heavy atom. The summed E-state index contributed by atoms with van der Waals surface area (Å²) in [4.78, 5) is 0. The third kappa shape index (κ3) is 1.03. The van der Waals surface area contributed by atoms with Gasteiger partial charge in [0.1, 0.15) is 0 Å². The monoisotopic (exact) mass is 114 g/mol. The van der Waals surface area contributed by atoms with E-state index in [1.807, 2.05) is 6.92 Å². The zero-order valence-electron chi connectivity index (χ0n) is 5.59. The summed E-state index contributed by atoms with van der Waals surface area (Å²) < 4.78 is 0. The molecule has 0 heterocycles. The fourth-order valence-corrected chi connectivity index (χ4v) is 1.19. The largest absolute Gasteiger partial charge is 0.393 e. The molecule has 1 nitrogen and oxygen atoms in total. The minimum Gasteiger partial charge on any atom is -0.393 e. The first-order chi connectivity index (χ1) is 3.75. The summed E-state index contributed by atoms with van der Waals surface area (Å²) in [7, 11) is 0. The molecule has 0 aromatic heterocycles. The lowest BCUT2D eigenvalue weighted by Crippen LogP contribution is -2.07. The molecule has 1 aliphatic rings. The summed E-state index contributed by atoms with van der Waals surface area (Å²) in [5.74, 6) is 1.44. The second-order valence-corrected chi connectivity index (χ2v) is 2.85. The van der Waals surface area contributed by atoms with E-state index in [1.54, 1.807) is 0 Å². The molecule has 48 valence electrons. The summed E-state index contributed by atoms with van der Waals surface area (Å²) in [6, 6.07) is 0. The SMILES string of the molecule is CC[C@H](O)[C@@H]1C[C@@H]1C. The smallest absolute Gasteiger partial charge is 0.0568 e. The highest BCUT2D eigenvalue weighted by Gasteiger charge is 2.37. The van der Waals surface area contributed by atoms with Crippen molar-refractivity contribution in [3.8, 4) is 0 Å². The van der Waals surface area contributed by atoms with Gasteiger partial charge >= 0.3 is 0 Å². The van der Waals surface area contributed by atoms with Gasteiger partial charge in [-0.15, -0.1) is 0 Å². The van der Waals surface area contributed by atoms with Crippen LogP contribution in [-0.4, -0.2) is 11.2 Å².